The van der Waals surface area contributed by atoms with Crippen LogP contribution in [-0.4, -0.2) is 43.3 Å². The molecule has 3 heteroatoms. The summed E-state index contributed by atoms with van der Waals surface area (Å²) in [6.07, 6.45) is 3.17. The predicted molar refractivity (Wildman–Crippen MR) is 63.9 cm³/mol. The number of ether oxygens (including phenoxy) is 1. The highest BCUT2D eigenvalue weighted by Gasteiger charge is 2.22. The maximum atomic E-state index is 5.72. The fourth-order valence-electron chi connectivity index (χ4n) is 2.43. The van der Waals surface area contributed by atoms with Crippen LogP contribution < -0.4 is 5.73 Å². The Labute approximate surface area is 94.0 Å². The van der Waals surface area contributed by atoms with E-state index in [4.69, 9.17) is 10.5 Å². The Morgan fingerprint density at radius 1 is 1.33 bits per heavy atom. The molecule has 0 bridgehead atoms. The van der Waals surface area contributed by atoms with Gasteiger partial charge in [0, 0.05) is 19.6 Å². The molecule has 2 N–H and O–H groups in total. The zero-order chi connectivity index (χ0) is 11.3. The summed E-state index contributed by atoms with van der Waals surface area (Å²) in [4.78, 5) is 2.53. The van der Waals surface area contributed by atoms with Crippen molar-refractivity contribution in [1.82, 2.24) is 4.90 Å². The Kier molecular flexibility index (Phi) is 5.58. The lowest BCUT2D eigenvalue weighted by Gasteiger charge is -2.36. The van der Waals surface area contributed by atoms with Gasteiger partial charge in [0.25, 0.3) is 0 Å². The molecular formula is C12H26N2O. The van der Waals surface area contributed by atoms with Gasteiger partial charge in [-0.25, -0.2) is 0 Å². The van der Waals surface area contributed by atoms with E-state index in [2.05, 4.69) is 25.7 Å². The van der Waals surface area contributed by atoms with Crippen molar-refractivity contribution < 1.29 is 4.74 Å². The van der Waals surface area contributed by atoms with Gasteiger partial charge < -0.3 is 10.5 Å². The second-order valence-corrected chi connectivity index (χ2v) is 5.01. The molecule has 0 aromatic heterocycles. The van der Waals surface area contributed by atoms with Gasteiger partial charge in [0.2, 0.25) is 0 Å². The highest BCUT2D eigenvalue weighted by molar-refractivity contribution is 4.74. The van der Waals surface area contributed by atoms with Gasteiger partial charge in [-0.05, 0) is 39.2 Å². The molecule has 0 saturated carbocycles. The standard InChI is InChI=1S/C12H26N2O/c1-10(5-4-6-13)7-14-8-11(2)15-12(3)9-14/h10-12H,4-9,13H2,1-3H3/t10?,11-,12+. The number of hydrogen-bond donors (Lipinski definition) is 1. The van der Waals surface area contributed by atoms with E-state index in [1.807, 2.05) is 0 Å². The average Bonchev–Trinajstić information content (AvgIpc) is 2.13. The minimum absolute atomic E-state index is 0.385. The predicted octanol–water partition coefficient (Wildman–Crippen LogP) is 1.47. The van der Waals surface area contributed by atoms with Gasteiger partial charge in [-0.15, -0.1) is 0 Å². The van der Waals surface area contributed by atoms with Crippen LogP contribution in [-0.2, 0) is 4.74 Å². The van der Waals surface area contributed by atoms with E-state index < -0.39 is 0 Å². The molecule has 15 heavy (non-hydrogen) atoms. The van der Waals surface area contributed by atoms with E-state index in [0.29, 0.717) is 12.2 Å². The highest BCUT2D eigenvalue weighted by atomic mass is 16.5. The van der Waals surface area contributed by atoms with Crippen molar-refractivity contribution in [2.75, 3.05) is 26.2 Å². The molecule has 1 heterocycles. The molecule has 3 nitrogen and oxygen atoms in total. The SMILES string of the molecule is CC(CCCN)CN1C[C@@H](C)O[C@@H](C)C1. The van der Waals surface area contributed by atoms with Crippen molar-refractivity contribution >= 4 is 0 Å². The first-order chi connectivity index (χ1) is 7.11. The second kappa shape index (κ2) is 6.46. The third-order valence-corrected chi connectivity index (χ3v) is 2.97. The van der Waals surface area contributed by atoms with Gasteiger partial charge in [-0.2, -0.15) is 0 Å². The summed E-state index contributed by atoms with van der Waals surface area (Å²) in [5.74, 6) is 0.756. The Morgan fingerprint density at radius 2 is 1.93 bits per heavy atom. The maximum Gasteiger partial charge on any atom is 0.0678 e. The zero-order valence-electron chi connectivity index (χ0n) is 10.4. The van der Waals surface area contributed by atoms with E-state index in [1.165, 1.54) is 13.0 Å². The van der Waals surface area contributed by atoms with Crippen molar-refractivity contribution in [2.45, 2.75) is 45.8 Å². The van der Waals surface area contributed by atoms with Gasteiger partial charge in [0.1, 0.15) is 0 Å². The fraction of sp³-hybridized carbons (Fsp3) is 1.00. The third-order valence-electron chi connectivity index (χ3n) is 2.97. The van der Waals surface area contributed by atoms with Gasteiger partial charge in [0.15, 0.2) is 0 Å². The lowest BCUT2D eigenvalue weighted by atomic mass is 10.0. The fourth-order valence-corrected chi connectivity index (χ4v) is 2.43. The number of morpholine rings is 1. The van der Waals surface area contributed by atoms with E-state index in [-0.39, 0.29) is 0 Å². The largest absolute Gasteiger partial charge is 0.373 e. The van der Waals surface area contributed by atoms with Crippen molar-refractivity contribution in [2.24, 2.45) is 11.7 Å². The summed E-state index contributed by atoms with van der Waals surface area (Å²) in [6.45, 7) is 10.8. The summed E-state index contributed by atoms with van der Waals surface area (Å²) in [5.41, 5.74) is 5.52. The lowest BCUT2D eigenvalue weighted by Crippen LogP contribution is -2.46. The van der Waals surface area contributed by atoms with E-state index >= 15 is 0 Å². The topological polar surface area (TPSA) is 38.5 Å². The van der Waals surface area contributed by atoms with Crippen molar-refractivity contribution in [3.63, 3.8) is 0 Å². The summed E-state index contributed by atoms with van der Waals surface area (Å²) >= 11 is 0. The first-order valence-electron chi connectivity index (χ1n) is 6.19. The highest BCUT2D eigenvalue weighted by Crippen LogP contribution is 2.14. The van der Waals surface area contributed by atoms with Crippen LogP contribution in [0.3, 0.4) is 0 Å². The average molecular weight is 214 g/mol. The maximum absolute atomic E-state index is 5.72. The zero-order valence-corrected chi connectivity index (χ0v) is 10.4. The lowest BCUT2D eigenvalue weighted by molar-refractivity contribution is -0.0711. The van der Waals surface area contributed by atoms with Crippen LogP contribution in [0, 0.1) is 5.92 Å². The van der Waals surface area contributed by atoms with Gasteiger partial charge >= 0.3 is 0 Å². The molecule has 1 aliphatic heterocycles. The van der Waals surface area contributed by atoms with Crippen LogP contribution in [0.5, 0.6) is 0 Å². The van der Waals surface area contributed by atoms with E-state index in [1.54, 1.807) is 0 Å². The summed E-state index contributed by atoms with van der Waals surface area (Å²) in [7, 11) is 0. The number of rotatable bonds is 5. The van der Waals surface area contributed by atoms with Crippen LogP contribution in [0.2, 0.25) is 0 Å². The molecule has 1 rings (SSSR count). The van der Waals surface area contributed by atoms with Gasteiger partial charge in [-0.3, -0.25) is 4.90 Å². The number of nitrogens with two attached hydrogens (primary N) is 1. The molecule has 0 spiro atoms. The third kappa shape index (κ3) is 4.96. The molecule has 3 atom stereocenters. The molecule has 1 saturated heterocycles. The van der Waals surface area contributed by atoms with Crippen LogP contribution in [0.4, 0.5) is 0 Å². The summed E-state index contributed by atoms with van der Waals surface area (Å²) in [5, 5.41) is 0. The van der Waals surface area contributed by atoms with Crippen LogP contribution in [0.15, 0.2) is 0 Å². The quantitative estimate of drug-likeness (QED) is 0.753. The van der Waals surface area contributed by atoms with Gasteiger partial charge in [-0.1, -0.05) is 6.92 Å². The molecule has 0 amide bonds. The first-order valence-corrected chi connectivity index (χ1v) is 6.19. The van der Waals surface area contributed by atoms with E-state index in [9.17, 15) is 0 Å². The first kappa shape index (κ1) is 12.9. The van der Waals surface area contributed by atoms with Crippen LogP contribution in [0.25, 0.3) is 0 Å². The molecular weight excluding hydrogens is 188 g/mol. The molecule has 0 aromatic carbocycles. The smallest absolute Gasteiger partial charge is 0.0678 e. The van der Waals surface area contributed by atoms with Gasteiger partial charge in [0.05, 0.1) is 12.2 Å². The molecule has 1 aliphatic rings. The Bertz CT molecular complexity index is 165. The Morgan fingerprint density at radius 3 is 2.47 bits per heavy atom. The monoisotopic (exact) mass is 214 g/mol. The van der Waals surface area contributed by atoms with Crippen molar-refractivity contribution in [3.05, 3.63) is 0 Å². The molecule has 1 fully saturated rings. The number of hydrogen-bond acceptors (Lipinski definition) is 3. The van der Waals surface area contributed by atoms with Crippen LogP contribution >= 0.6 is 0 Å². The minimum atomic E-state index is 0.385. The molecule has 90 valence electrons. The molecule has 1 unspecified atom stereocenters. The van der Waals surface area contributed by atoms with E-state index in [0.717, 1.165) is 32.0 Å². The molecule has 0 radical (unpaired) electrons. The minimum Gasteiger partial charge on any atom is -0.373 e. The molecule has 0 aromatic rings. The summed E-state index contributed by atoms with van der Waals surface area (Å²) in [6, 6.07) is 0. The van der Waals surface area contributed by atoms with Crippen LogP contribution in [0.1, 0.15) is 33.6 Å². The van der Waals surface area contributed by atoms with Crippen molar-refractivity contribution in [3.8, 4) is 0 Å². The molecule has 0 aliphatic carbocycles. The Hall–Kier alpha value is -0.120. The number of nitrogens with zero attached hydrogens (tertiary/aromatic N) is 1. The van der Waals surface area contributed by atoms with Crippen molar-refractivity contribution in [1.29, 1.82) is 0 Å². The second-order valence-electron chi connectivity index (χ2n) is 5.01. The Balaban J connectivity index is 2.24. The normalized spacial score (nSPS) is 30.4. The summed E-state index contributed by atoms with van der Waals surface area (Å²) < 4.78 is 5.72.